The number of carbonyl (C=O) groups excluding carboxylic acids is 1. The largest absolute Gasteiger partial charge is 0.337 e. The lowest BCUT2D eigenvalue weighted by molar-refractivity contribution is 0.0763. The van der Waals surface area contributed by atoms with Gasteiger partial charge in [0.15, 0.2) is 0 Å². The molecule has 110 valence electrons. The average Bonchev–Trinajstić information content (AvgIpc) is 2.63. The van der Waals surface area contributed by atoms with Gasteiger partial charge >= 0.3 is 0 Å². The first-order valence-electron chi connectivity index (χ1n) is 6.23. The van der Waals surface area contributed by atoms with Crippen LogP contribution < -0.4 is 0 Å². The molecule has 2 heterocycles. The van der Waals surface area contributed by atoms with Crippen molar-refractivity contribution in [3.63, 3.8) is 0 Å². The molecule has 1 aliphatic rings. The first kappa shape index (κ1) is 15.4. The number of hydrogen-bond donors (Lipinski definition) is 0. The molecule has 1 aliphatic heterocycles. The van der Waals surface area contributed by atoms with E-state index in [2.05, 4.69) is 20.9 Å². The maximum atomic E-state index is 12.4. The molecule has 8 heteroatoms. The molecule has 0 N–H and O–H groups in total. The van der Waals surface area contributed by atoms with Crippen LogP contribution in [0, 0.1) is 0 Å². The van der Waals surface area contributed by atoms with Crippen molar-refractivity contribution in [1.82, 2.24) is 14.2 Å². The Balaban J connectivity index is 2.09. The summed E-state index contributed by atoms with van der Waals surface area (Å²) in [5, 5.41) is 0. The van der Waals surface area contributed by atoms with Crippen LogP contribution >= 0.6 is 15.9 Å². The van der Waals surface area contributed by atoms with Crippen molar-refractivity contribution in [1.29, 1.82) is 0 Å². The SMILES string of the molecule is CS(=O)(=O)N1CCCN(C(=O)c2cncc(Br)c2)CC1. The average molecular weight is 362 g/mol. The van der Waals surface area contributed by atoms with Gasteiger partial charge in [-0.05, 0) is 28.4 Å². The molecule has 0 aromatic carbocycles. The smallest absolute Gasteiger partial charge is 0.255 e. The van der Waals surface area contributed by atoms with Crippen LogP contribution in [0.5, 0.6) is 0 Å². The molecule has 1 saturated heterocycles. The molecule has 1 aromatic heterocycles. The maximum Gasteiger partial charge on any atom is 0.255 e. The Kier molecular flexibility index (Phi) is 4.77. The molecule has 0 atom stereocenters. The quantitative estimate of drug-likeness (QED) is 0.786. The minimum atomic E-state index is -3.19. The second-order valence-corrected chi connectivity index (χ2v) is 7.60. The van der Waals surface area contributed by atoms with Crippen LogP contribution in [-0.4, -0.2) is 60.9 Å². The highest BCUT2D eigenvalue weighted by molar-refractivity contribution is 9.10. The molecular weight excluding hydrogens is 346 g/mol. The number of rotatable bonds is 2. The number of carbonyl (C=O) groups is 1. The predicted octanol–water partition coefficient (Wildman–Crippen LogP) is 0.952. The van der Waals surface area contributed by atoms with E-state index in [4.69, 9.17) is 0 Å². The molecule has 0 spiro atoms. The summed E-state index contributed by atoms with van der Waals surface area (Å²) in [6.45, 7) is 1.75. The van der Waals surface area contributed by atoms with Crippen molar-refractivity contribution in [2.45, 2.75) is 6.42 Å². The summed E-state index contributed by atoms with van der Waals surface area (Å²) in [7, 11) is -3.19. The fourth-order valence-corrected chi connectivity index (χ4v) is 3.38. The van der Waals surface area contributed by atoms with E-state index in [1.54, 1.807) is 17.2 Å². The molecule has 0 unspecified atom stereocenters. The lowest BCUT2D eigenvalue weighted by Crippen LogP contribution is -2.37. The lowest BCUT2D eigenvalue weighted by atomic mass is 10.2. The van der Waals surface area contributed by atoms with Crippen LogP contribution in [0.1, 0.15) is 16.8 Å². The molecule has 1 aromatic rings. The number of sulfonamides is 1. The van der Waals surface area contributed by atoms with Gasteiger partial charge in [-0.15, -0.1) is 0 Å². The van der Waals surface area contributed by atoms with Gasteiger partial charge in [-0.2, -0.15) is 0 Å². The molecule has 2 rings (SSSR count). The van der Waals surface area contributed by atoms with Gasteiger partial charge in [0.1, 0.15) is 0 Å². The Morgan fingerprint density at radius 2 is 2.00 bits per heavy atom. The van der Waals surface area contributed by atoms with Crippen LogP contribution in [-0.2, 0) is 10.0 Å². The van der Waals surface area contributed by atoms with E-state index in [-0.39, 0.29) is 5.91 Å². The van der Waals surface area contributed by atoms with Crippen LogP contribution in [0.2, 0.25) is 0 Å². The number of nitrogens with zero attached hydrogens (tertiary/aromatic N) is 3. The number of halogens is 1. The Morgan fingerprint density at radius 1 is 1.25 bits per heavy atom. The number of amides is 1. The second-order valence-electron chi connectivity index (χ2n) is 4.70. The summed E-state index contributed by atoms with van der Waals surface area (Å²) in [5.41, 5.74) is 0.507. The van der Waals surface area contributed by atoms with Gasteiger partial charge < -0.3 is 4.90 Å². The monoisotopic (exact) mass is 361 g/mol. The molecule has 6 nitrogen and oxygen atoms in total. The van der Waals surface area contributed by atoms with E-state index in [1.807, 2.05) is 0 Å². The molecule has 0 saturated carbocycles. The summed E-state index contributed by atoms with van der Waals surface area (Å²) in [6, 6.07) is 1.72. The van der Waals surface area contributed by atoms with E-state index in [9.17, 15) is 13.2 Å². The number of hydrogen-bond acceptors (Lipinski definition) is 4. The van der Waals surface area contributed by atoms with Gasteiger partial charge in [0.25, 0.3) is 5.91 Å². The summed E-state index contributed by atoms with van der Waals surface area (Å²) in [6.07, 6.45) is 4.97. The van der Waals surface area contributed by atoms with Crippen LogP contribution in [0.3, 0.4) is 0 Å². The summed E-state index contributed by atoms with van der Waals surface area (Å²) in [4.78, 5) is 18.0. The number of pyridine rings is 1. The van der Waals surface area contributed by atoms with E-state index in [1.165, 1.54) is 16.8 Å². The maximum absolute atomic E-state index is 12.4. The van der Waals surface area contributed by atoms with Crippen LogP contribution in [0.15, 0.2) is 22.9 Å². The van der Waals surface area contributed by atoms with Crippen molar-refractivity contribution in [3.05, 3.63) is 28.5 Å². The van der Waals surface area contributed by atoms with E-state index in [0.717, 1.165) is 4.47 Å². The standard InChI is InChI=1S/C12H16BrN3O3S/c1-20(18,19)16-4-2-3-15(5-6-16)12(17)10-7-11(13)9-14-8-10/h7-9H,2-6H2,1H3. The third kappa shape index (κ3) is 3.77. The van der Waals surface area contributed by atoms with Crippen molar-refractivity contribution < 1.29 is 13.2 Å². The van der Waals surface area contributed by atoms with Gasteiger partial charge in [0, 0.05) is 43.0 Å². The van der Waals surface area contributed by atoms with Gasteiger partial charge in [-0.25, -0.2) is 12.7 Å². The summed E-state index contributed by atoms with van der Waals surface area (Å²) in [5.74, 6) is -0.117. The molecule has 20 heavy (non-hydrogen) atoms. The zero-order valence-electron chi connectivity index (χ0n) is 11.1. The van der Waals surface area contributed by atoms with E-state index in [0.29, 0.717) is 38.2 Å². The minimum absolute atomic E-state index is 0.117. The molecule has 0 aliphatic carbocycles. The predicted molar refractivity (Wildman–Crippen MR) is 78.9 cm³/mol. The lowest BCUT2D eigenvalue weighted by Gasteiger charge is -2.21. The van der Waals surface area contributed by atoms with Gasteiger partial charge in [0.05, 0.1) is 11.8 Å². The Morgan fingerprint density at radius 3 is 2.65 bits per heavy atom. The molecule has 0 radical (unpaired) electrons. The Hall–Kier alpha value is -0.990. The van der Waals surface area contributed by atoms with Crippen molar-refractivity contribution in [2.75, 3.05) is 32.4 Å². The highest BCUT2D eigenvalue weighted by Gasteiger charge is 2.24. The topological polar surface area (TPSA) is 70.6 Å². The second kappa shape index (κ2) is 6.19. The fourth-order valence-electron chi connectivity index (χ4n) is 2.14. The van der Waals surface area contributed by atoms with Crippen LogP contribution in [0.25, 0.3) is 0 Å². The highest BCUT2D eigenvalue weighted by Crippen LogP contribution is 2.14. The third-order valence-electron chi connectivity index (χ3n) is 3.16. The molecule has 1 amide bonds. The Labute approximate surface area is 127 Å². The fraction of sp³-hybridized carbons (Fsp3) is 0.500. The first-order chi connectivity index (χ1) is 9.38. The zero-order chi connectivity index (χ0) is 14.8. The van der Waals surface area contributed by atoms with Gasteiger partial charge in [-0.3, -0.25) is 9.78 Å². The minimum Gasteiger partial charge on any atom is -0.337 e. The van der Waals surface area contributed by atoms with E-state index >= 15 is 0 Å². The summed E-state index contributed by atoms with van der Waals surface area (Å²) >= 11 is 3.28. The molecule has 1 fully saturated rings. The molecular formula is C12H16BrN3O3S. The zero-order valence-corrected chi connectivity index (χ0v) is 13.5. The first-order valence-corrected chi connectivity index (χ1v) is 8.87. The van der Waals surface area contributed by atoms with Crippen molar-refractivity contribution >= 4 is 31.9 Å². The third-order valence-corrected chi connectivity index (χ3v) is 4.90. The van der Waals surface area contributed by atoms with Crippen molar-refractivity contribution in [2.24, 2.45) is 0 Å². The highest BCUT2D eigenvalue weighted by atomic mass is 79.9. The van der Waals surface area contributed by atoms with Crippen LogP contribution in [0.4, 0.5) is 0 Å². The Bertz CT molecular complexity index is 606. The van der Waals surface area contributed by atoms with Crippen molar-refractivity contribution in [3.8, 4) is 0 Å². The summed E-state index contributed by atoms with van der Waals surface area (Å²) < 4.78 is 25.2. The normalized spacial score (nSPS) is 17.8. The number of aromatic nitrogens is 1. The van der Waals surface area contributed by atoms with Gasteiger partial charge in [-0.1, -0.05) is 0 Å². The van der Waals surface area contributed by atoms with Gasteiger partial charge in [0.2, 0.25) is 10.0 Å². The molecule has 0 bridgehead atoms. The van der Waals surface area contributed by atoms with E-state index < -0.39 is 10.0 Å².